The van der Waals surface area contributed by atoms with Gasteiger partial charge >= 0.3 is 0 Å². The summed E-state index contributed by atoms with van der Waals surface area (Å²) in [6, 6.07) is 0.529. The summed E-state index contributed by atoms with van der Waals surface area (Å²) in [6.07, 6.45) is 8.02. The summed E-state index contributed by atoms with van der Waals surface area (Å²) in [5.74, 6) is 4.30. The Morgan fingerprint density at radius 3 is 2.15 bits per heavy atom. The van der Waals surface area contributed by atoms with Gasteiger partial charge in [-0.05, 0) is 69.2 Å². The summed E-state index contributed by atoms with van der Waals surface area (Å²) in [7, 11) is 2.02. The number of carbonyl (C=O) groups excluding carboxylic acids is 1. The van der Waals surface area contributed by atoms with E-state index in [1.807, 2.05) is 7.05 Å². The minimum absolute atomic E-state index is 0. The van der Waals surface area contributed by atoms with E-state index >= 15 is 0 Å². The number of likely N-dealkylation sites (N-methyl/N-ethyl adjacent to an activating group) is 1. The van der Waals surface area contributed by atoms with E-state index in [9.17, 15) is 4.79 Å². The first kappa shape index (κ1) is 14.6. The first-order chi connectivity index (χ1) is 9.24. The van der Waals surface area contributed by atoms with Crippen molar-refractivity contribution in [3.05, 3.63) is 0 Å². The molecule has 114 valence electrons. The van der Waals surface area contributed by atoms with Crippen LogP contribution in [0.5, 0.6) is 0 Å². The number of likely N-dealkylation sites (tertiary alicyclic amines) is 1. The molecule has 4 aliphatic carbocycles. The Balaban J connectivity index is 0.00000121. The summed E-state index contributed by atoms with van der Waals surface area (Å²) in [6.45, 7) is 1.92. The largest absolute Gasteiger partial charge is 0.341 e. The second-order valence-corrected chi connectivity index (χ2v) is 7.52. The zero-order valence-corrected chi connectivity index (χ0v) is 13.2. The molecule has 0 radical (unpaired) electrons. The lowest BCUT2D eigenvalue weighted by molar-refractivity contribution is -0.148. The Kier molecular flexibility index (Phi) is 4.02. The number of rotatable bonds is 2. The van der Waals surface area contributed by atoms with Gasteiger partial charge in [-0.15, -0.1) is 12.4 Å². The fourth-order valence-electron chi connectivity index (χ4n) is 5.74. The maximum atomic E-state index is 12.9. The normalized spacial score (nSPS) is 45.5. The van der Waals surface area contributed by atoms with Crippen molar-refractivity contribution in [2.75, 3.05) is 20.1 Å². The third kappa shape index (κ3) is 2.27. The average Bonchev–Trinajstić information content (AvgIpc) is 2.86. The van der Waals surface area contributed by atoms with Crippen molar-refractivity contribution in [2.24, 2.45) is 29.6 Å². The Labute approximate surface area is 128 Å². The van der Waals surface area contributed by atoms with E-state index in [4.69, 9.17) is 0 Å². The third-order valence-corrected chi connectivity index (χ3v) is 6.42. The van der Waals surface area contributed by atoms with Gasteiger partial charge in [0.1, 0.15) is 0 Å². The van der Waals surface area contributed by atoms with Crippen molar-refractivity contribution in [2.45, 2.75) is 44.6 Å². The topological polar surface area (TPSA) is 32.3 Å². The van der Waals surface area contributed by atoms with Gasteiger partial charge in [0.2, 0.25) is 5.91 Å². The monoisotopic (exact) mass is 298 g/mol. The maximum Gasteiger partial charge on any atom is 0.226 e. The first-order valence-electron chi connectivity index (χ1n) is 8.20. The van der Waals surface area contributed by atoms with Gasteiger partial charge in [-0.2, -0.15) is 0 Å². The predicted octanol–water partition coefficient (Wildman–Crippen LogP) is 2.30. The van der Waals surface area contributed by atoms with E-state index in [1.165, 1.54) is 32.1 Å². The molecule has 1 atom stereocenters. The van der Waals surface area contributed by atoms with Crippen molar-refractivity contribution < 1.29 is 4.79 Å². The van der Waals surface area contributed by atoms with Crippen LogP contribution in [0.3, 0.4) is 0 Å². The van der Waals surface area contributed by atoms with Gasteiger partial charge in [0, 0.05) is 25.0 Å². The number of nitrogens with zero attached hydrogens (tertiary/aromatic N) is 1. The number of nitrogens with one attached hydrogen (secondary N) is 1. The molecule has 1 saturated heterocycles. The highest BCUT2D eigenvalue weighted by Crippen LogP contribution is 2.56. The van der Waals surface area contributed by atoms with E-state index in [0.29, 0.717) is 17.9 Å². The Morgan fingerprint density at radius 1 is 1.05 bits per heavy atom. The fraction of sp³-hybridized carbons (Fsp3) is 0.938. The lowest BCUT2D eigenvalue weighted by Gasteiger charge is -2.54. The molecule has 4 heteroatoms. The van der Waals surface area contributed by atoms with Crippen LogP contribution < -0.4 is 5.32 Å². The number of hydrogen-bond donors (Lipinski definition) is 1. The molecule has 20 heavy (non-hydrogen) atoms. The van der Waals surface area contributed by atoms with E-state index in [2.05, 4.69) is 10.2 Å². The van der Waals surface area contributed by atoms with Crippen molar-refractivity contribution in [1.29, 1.82) is 0 Å². The molecule has 1 heterocycles. The molecule has 1 aliphatic heterocycles. The molecule has 3 nitrogen and oxygen atoms in total. The zero-order chi connectivity index (χ0) is 13.0. The first-order valence-corrected chi connectivity index (χ1v) is 8.20. The van der Waals surface area contributed by atoms with Gasteiger partial charge in [0.25, 0.3) is 0 Å². The van der Waals surface area contributed by atoms with Gasteiger partial charge < -0.3 is 10.2 Å². The van der Waals surface area contributed by atoms with Crippen LogP contribution >= 0.6 is 12.4 Å². The second-order valence-electron chi connectivity index (χ2n) is 7.52. The lowest BCUT2D eigenvalue weighted by Crippen LogP contribution is -2.51. The SMILES string of the molecule is CNC1CCN(C(=O)C2C3CC4CC(C3)CC2C4)C1.Cl. The molecule has 5 rings (SSSR count). The molecular weight excluding hydrogens is 272 g/mol. The fourth-order valence-corrected chi connectivity index (χ4v) is 5.74. The highest BCUT2D eigenvalue weighted by molar-refractivity contribution is 5.85. The molecule has 4 saturated carbocycles. The van der Waals surface area contributed by atoms with Crippen LogP contribution in [0.2, 0.25) is 0 Å². The van der Waals surface area contributed by atoms with Crippen molar-refractivity contribution in [3.8, 4) is 0 Å². The van der Waals surface area contributed by atoms with Gasteiger partial charge in [-0.1, -0.05) is 0 Å². The van der Waals surface area contributed by atoms with E-state index in [0.717, 1.165) is 43.2 Å². The van der Waals surface area contributed by atoms with Crippen LogP contribution in [0, 0.1) is 29.6 Å². The smallest absolute Gasteiger partial charge is 0.226 e. The highest BCUT2D eigenvalue weighted by atomic mass is 35.5. The van der Waals surface area contributed by atoms with E-state index < -0.39 is 0 Å². The zero-order valence-electron chi connectivity index (χ0n) is 12.4. The second kappa shape index (κ2) is 5.49. The van der Waals surface area contributed by atoms with Crippen LogP contribution in [0.15, 0.2) is 0 Å². The molecule has 0 aromatic carbocycles. The predicted molar refractivity (Wildman–Crippen MR) is 81.8 cm³/mol. The van der Waals surface area contributed by atoms with Crippen LogP contribution in [0.1, 0.15) is 38.5 Å². The van der Waals surface area contributed by atoms with Crippen molar-refractivity contribution in [1.82, 2.24) is 10.2 Å². The quantitative estimate of drug-likeness (QED) is 0.848. The molecule has 4 bridgehead atoms. The summed E-state index contributed by atoms with van der Waals surface area (Å²) in [5.41, 5.74) is 0. The van der Waals surface area contributed by atoms with Crippen LogP contribution in [-0.4, -0.2) is 37.0 Å². The van der Waals surface area contributed by atoms with Gasteiger partial charge in [0.05, 0.1) is 0 Å². The molecule has 5 aliphatic rings. The van der Waals surface area contributed by atoms with Crippen LogP contribution in [0.4, 0.5) is 0 Å². The number of carbonyl (C=O) groups is 1. The minimum Gasteiger partial charge on any atom is -0.341 e. The van der Waals surface area contributed by atoms with Gasteiger partial charge in [-0.3, -0.25) is 4.79 Å². The Bertz CT molecular complexity index is 359. The lowest BCUT2D eigenvalue weighted by atomic mass is 9.51. The summed E-state index contributed by atoms with van der Waals surface area (Å²) < 4.78 is 0. The number of hydrogen-bond acceptors (Lipinski definition) is 2. The van der Waals surface area contributed by atoms with Crippen LogP contribution in [0.25, 0.3) is 0 Å². The van der Waals surface area contributed by atoms with Crippen molar-refractivity contribution in [3.63, 3.8) is 0 Å². The number of amides is 1. The molecule has 1 amide bonds. The van der Waals surface area contributed by atoms with E-state index in [1.54, 1.807) is 0 Å². The Morgan fingerprint density at radius 2 is 1.65 bits per heavy atom. The molecule has 1 unspecified atom stereocenters. The molecule has 1 N–H and O–H groups in total. The molecule has 0 spiro atoms. The molecule has 0 aromatic heterocycles. The summed E-state index contributed by atoms with van der Waals surface area (Å²) in [5, 5.41) is 3.32. The van der Waals surface area contributed by atoms with E-state index in [-0.39, 0.29) is 12.4 Å². The van der Waals surface area contributed by atoms with Gasteiger partial charge in [0.15, 0.2) is 0 Å². The highest BCUT2D eigenvalue weighted by Gasteiger charge is 2.51. The standard InChI is InChI=1S/C16H26N2O.ClH/c1-17-14-2-3-18(9-14)16(19)15-12-5-10-4-11(7-12)8-13(15)6-10;/h10-15,17H,2-9H2,1H3;1H. The molecular formula is C16H27ClN2O. The summed E-state index contributed by atoms with van der Waals surface area (Å²) in [4.78, 5) is 15.1. The average molecular weight is 299 g/mol. The summed E-state index contributed by atoms with van der Waals surface area (Å²) >= 11 is 0. The van der Waals surface area contributed by atoms with Crippen LogP contribution in [-0.2, 0) is 4.79 Å². The number of halogens is 1. The van der Waals surface area contributed by atoms with Crippen molar-refractivity contribution >= 4 is 18.3 Å². The molecule has 5 fully saturated rings. The third-order valence-electron chi connectivity index (χ3n) is 6.42. The molecule has 0 aromatic rings. The Hall–Kier alpha value is -0.280. The maximum absolute atomic E-state index is 12.9. The van der Waals surface area contributed by atoms with Gasteiger partial charge in [-0.25, -0.2) is 0 Å². The minimum atomic E-state index is 0.